The van der Waals surface area contributed by atoms with Crippen molar-refractivity contribution in [1.82, 2.24) is 9.55 Å². The van der Waals surface area contributed by atoms with Gasteiger partial charge in [-0.1, -0.05) is 35.9 Å². The number of para-hydroxylation sites is 1. The molecule has 4 aromatic rings. The molecule has 0 bridgehead atoms. The Hall–Kier alpha value is -2.32. The Balaban J connectivity index is 1.99. The van der Waals surface area contributed by atoms with Crippen LogP contribution in [0.15, 0.2) is 54.7 Å². The van der Waals surface area contributed by atoms with E-state index in [0.717, 1.165) is 27.2 Å². The molecule has 0 atom stereocenters. The van der Waals surface area contributed by atoms with Crippen LogP contribution in [0.3, 0.4) is 0 Å². The smallest absolute Gasteiger partial charge is 0.0731 e. The molecule has 0 unspecified atom stereocenters. The predicted octanol–water partition coefficient (Wildman–Crippen LogP) is 5.36. The van der Waals surface area contributed by atoms with E-state index in [-0.39, 0.29) is 0 Å². The van der Waals surface area contributed by atoms with Gasteiger partial charge in [-0.25, -0.2) is 4.98 Å². The Labute approximate surface area is 134 Å². The molecule has 108 valence electrons. The van der Waals surface area contributed by atoms with Crippen LogP contribution in [0.2, 0.25) is 5.02 Å². The van der Waals surface area contributed by atoms with Crippen LogP contribution < -0.4 is 0 Å². The quantitative estimate of drug-likeness (QED) is 0.463. The first-order chi connectivity index (χ1) is 10.6. The van der Waals surface area contributed by atoms with Gasteiger partial charge in [0.25, 0.3) is 0 Å². The number of hydrogen-bond acceptors (Lipinski definition) is 1. The summed E-state index contributed by atoms with van der Waals surface area (Å²) in [6.07, 6.45) is 2.15. The highest BCUT2D eigenvalue weighted by molar-refractivity contribution is 6.31. The highest BCUT2D eigenvalue weighted by atomic mass is 35.5. The van der Waals surface area contributed by atoms with E-state index in [4.69, 9.17) is 16.6 Å². The number of pyridine rings is 1. The molecule has 0 radical (unpaired) electrons. The third-order valence-corrected chi connectivity index (χ3v) is 4.37. The average Bonchev–Trinajstić information content (AvgIpc) is 2.85. The lowest BCUT2D eigenvalue weighted by Gasteiger charge is -2.03. The molecule has 0 amide bonds. The predicted molar refractivity (Wildman–Crippen MR) is 93.4 cm³/mol. The van der Waals surface area contributed by atoms with Crippen LogP contribution in [0.25, 0.3) is 33.1 Å². The number of halogens is 1. The zero-order valence-electron chi connectivity index (χ0n) is 12.5. The molecule has 0 fully saturated rings. The van der Waals surface area contributed by atoms with Gasteiger partial charge in [-0.2, -0.15) is 0 Å². The van der Waals surface area contributed by atoms with E-state index in [9.17, 15) is 0 Å². The summed E-state index contributed by atoms with van der Waals surface area (Å²) in [5.41, 5.74) is 5.66. The minimum absolute atomic E-state index is 0.739. The Morgan fingerprint density at radius 2 is 1.91 bits per heavy atom. The maximum absolute atomic E-state index is 6.04. The number of aryl methyl sites for hydroxylation is 2. The topological polar surface area (TPSA) is 17.8 Å². The summed E-state index contributed by atoms with van der Waals surface area (Å²) in [7, 11) is 2.08. The SMILES string of the molecule is Cc1cccc2c(-c3ccc4cc(Cl)ccc4n3)cn(C)c12. The van der Waals surface area contributed by atoms with Gasteiger partial charge in [0.1, 0.15) is 0 Å². The van der Waals surface area contributed by atoms with Crippen molar-refractivity contribution in [2.24, 2.45) is 7.05 Å². The summed E-state index contributed by atoms with van der Waals surface area (Å²) in [6.45, 7) is 2.14. The summed E-state index contributed by atoms with van der Waals surface area (Å²) in [5.74, 6) is 0. The molecule has 0 aliphatic carbocycles. The van der Waals surface area contributed by atoms with Crippen molar-refractivity contribution in [3.8, 4) is 11.3 Å². The summed E-state index contributed by atoms with van der Waals surface area (Å²) in [6, 6.07) is 16.3. The van der Waals surface area contributed by atoms with Gasteiger partial charge >= 0.3 is 0 Å². The molecule has 2 aromatic carbocycles. The highest BCUT2D eigenvalue weighted by Gasteiger charge is 2.11. The van der Waals surface area contributed by atoms with Crippen molar-refractivity contribution >= 4 is 33.4 Å². The minimum Gasteiger partial charge on any atom is -0.350 e. The van der Waals surface area contributed by atoms with Crippen LogP contribution in [-0.2, 0) is 7.05 Å². The third kappa shape index (κ3) is 1.99. The summed E-state index contributed by atoms with van der Waals surface area (Å²) < 4.78 is 2.17. The van der Waals surface area contributed by atoms with E-state index < -0.39 is 0 Å². The summed E-state index contributed by atoms with van der Waals surface area (Å²) in [4.78, 5) is 4.81. The van der Waals surface area contributed by atoms with Crippen LogP contribution in [0.5, 0.6) is 0 Å². The van der Waals surface area contributed by atoms with Gasteiger partial charge in [-0.3, -0.25) is 0 Å². The van der Waals surface area contributed by atoms with Crippen molar-refractivity contribution in [3.05, 3.63) is 65.3 Å². The maximum Gasteiger partial charge on any atom is 0.0731 e. The van der Waals surface area contributed by atoms with Gasteiger partial charge < -0.3 is 4.57 Å². The monoisotopic (exact) mass is 306 g/mol. The number of nitrogens with zero attached hydrogens (tertiary/aromatic N) is 2. The largest absolute Gasteiger partial charge is 0.350 e. The molecule has 2 aromatic heterocycles. The fraction of sp³-hybridized carbons (Fsp3) is 0.105. The molecule has 0 spiro atoms. The molecule has 2 nitrogen and oxygen atoms in total. The molecule has 0 saturated heterocycles. The van der Waals surface area contributed by atoms with Crippen LogP contribution in [0.1, 0.15) is 5.56 Å². The van der Waals surface area contributed by atoms with Crippen LogP contribution >= 0.6 is 11.6 Å². The first kappa shape index (κ1) is 13.4. The summed E-state index contributed by atoms with van der Waals surface area (Å²) in [5, 5.41) is 3.04. The van der Waals surface area contributed by atoms with E-state index in [1.807, 2.05) is 18.2 Å². The zero-order chi connectivity index (χ0) is 15.3. The van der Waals surface area contributed by atoms with Gasteiger partial charge in [0.15, 0.2) is 0 Å². The third-order valence-electron chi connectivity index (χ3n) is 4.13. The second-order valence-corrected chi connectivity index (χ2v) is 6.09. The van der Waals surface area contributed by atoms with Crippen molar-refractivity contribution in [2.45, 2.75) is 6.92 Å². The lowest BCUT2D eigenvalue weighted by molar-refractivity contribution is 0.964. The Morgan fingerprint density at radius 1 is 1.05 bits per heavy atom. The van der Waals surface area contributed by atoms with Crippen LogP contribution in [0, 0.1) is 6.92 Å². The average molecular weight is 307 g/mol. The molecule has 22 heavy (non-hydrogen) atoms. The second-order valence-electron chi connectivity index (χ2n) is 5.66. The molecule has 0 N–H and O–H groups in total. The van der Waals surface area contributed by atoms with Gasteiger partial charge in [0.05, 0.1) is 16.7 Å². The number of fused-ring (bicyclic) bond motifs is 2. The lowest BCUT2D eigenvalue weighted by Crippen LogP contribution is -1.86. The molecule has 0 saturated carbocycles. The minimum atomic E-state index is 0.739. The van der Waals surface area contributed by atoms with E-state index in [1.54, 1.807) is 0 Å². The Kier molecular flexibility index (Phi) is 2.95. The number of hydrogen-bond donors (Lipinski definition) is 0. The molecule has 2 heterocycles. The zero-order valence-corrected chi connectivity index (χ0v) is 13.2. The number of aromatic nitrogens is 2. The van der Waals surface area contributed by atoms with E-state index in [2.05, 4.69) is 55.1 Å². The van der Waals surface area contributed by atoms with Gasteiger partial charge in [0.2, 0.25) is 0 Å². The fourth-order valence-corrected chi connectivity index (χ4v) is 3.30. The first-order valence-electron chi connectivity index (χ1n) is 7.25. The standard InChI is InChI=1S/C19H15ClN2/c1-12-4-3-5-15-16(11-22(2)19(12)15)18-8-6-13-10-14(20)7-9-17(13)21-18/h3-11H,1-2H3. The first-order valence-corrected chi connectivity index (χ1v) is 7.62. The van der Waals surface area contributed by atoms with E-state index >= 15 is 0 Å². The Morgan fingerprint density at radius 3 is 2.77 bits per heavy atom. The van der Waals surface area contributed by atoms with Crippen molar-refractivity contribution in [1.29, 1.82) is 0 Å². The van der Waals surface area contributed by atoms with Gasteiger partial charge in [0, 0.05) is 34.6 Å². The maximum atomic E-state index is 6.04. The van der Waals surface area contributed by atoms with E-state index in [1.165, 1.54) is 16.5 Å². The van der Waals surface area contributed by atoms with Gasteiger partial charge in [-0.05, 0) is 36.8 Å². The Bertz CT molecular complexity index is 1010. The van der Waals surface area contributed by atoms with Gasteiger partial charge in [-0.15, -0.1) is 0 Å². The molecular weight excluding hydrogens is 292 g/mol. The fourth-order valence-electron chi connectivity index (χ4n) is 3.12. The second kappa shape index (κ2) is 4.85. The van der Waals surface area contributed by atoms with Crippen LogP contribution in [-0.4, -0.2) is 9.55 Å². The molecule has 0 aliphatic heterocycles. The highest BCUT2D eigenvalue weighted by Crippen LogP contribution is 2.32. The molecule has 4 rings (SSSR count). The van der Waals surface area contributed by atoms with E-state index in [0.29, 0.717) is 0 Å². The molecule has 3 heteroatoms. The lowest BCUT2D eigenvalue weighted by atomic mass is 10.1. The normalized spacial score (nSPS) is 11.4. The summed E-state index contributed by atoms with van der Waals surface area (Å²) >= 11 is 6.04. The van der Waals surface area contributed by atoms with Crippen molar-refractivity contribution in [2.75, 3.05) is 0 Å². The number of rotatable bonds is 1. The van der Waals surface area contributed by atoms with Crippen LogP contribution in [0.4, 0.5) is 0 Å². The van der Waals surface area contributed by atoms with Crippen molar-refractivity contribution in [3.63, 3.8) is 0 Å². The van der Waals surface area contributed by atoms with Crippen molar-refractivity contribution < 1.29 is 0 Å². The molecule has 0 aliphatic rings. The molecular formula is C19H15ClN2. The number of benzene rings is 2.